The minimum Gasteiger partial charge on any atom is -0.493 e. The molecule has 196 valence electrons. The van der Waals surface area contributed by atoms with Gasteiger partial charge in [0.1, 0.15) is 29.3 Å². The average molecular weight is 531 g/mol. The number of halogens is 1. The number of carbonyl (C=O) groups is 1. The van der Waals surface area contributed by atoms with Crippen molar-refractivity contribution < 1.29 is 14.3 Å². The Labute approximate surface area is 226 Å². The fourth-order valence-electron chi connectivity index (χ4n) is 4.92. The molecule has 0 atom stereocenters. The number of ketones is 1. The van der Waals surface area contributed by atoms with Gasteiger partial charge >= 0.3 is 0 Å². The number of hydrogen-bond donors (Lipinski definition) is 2. The number of H-pyrrole nitrogens is 1. The van der Waals surface area contributed by atoms with Crippen molar-refractivity contribution in [2.45, 2.75) is 38.5 Å². The van der Waals surface area contributed by atoms with Crippen LogP contribution in [0.3, 0.4) is 0 Å². The van der Waals surface area contributed by atoms with Crippen molar-refractivity contribution in [1.82, 2.24) is 20.3 Å². The molecule has 0 spiro atoms. The Morgan fingerprint density at radius 1 is 0.947 bits per heavy atom. The van der Waals surface area contributed by atoms with Gasteiger partial charge in [-0.3, -0.25) is 4.79 Å². The molecule has 2 N–H and O–H groups in total. The van der Waals surface area contributed by atoms with Gasteiger partial charge in [0.05, 0.1) is 12.0 Å². The molecule has 1 saturated heterocycles. The lowest BCUT2D eigenvalue weighted by atomic mass is 9.99. The molecule has 2 aromatic carbocycles. The molecule has 2 aliphatic rings. The summed E-state index contributed by atoms with van der Waals surface area (Å²) in [6, 6.07) is 15.5. The van der Waals surface area contributed by atoms with Crippen LogP contribution in [0.4, 0.5) is 0 Å². The van der Waals surface area contributed by atoms with E-state index in [2.05, 4.69) is 20.3 Å². The van der Waals surface area contributed by atoms with Crippen LogP contribution in [0.2, 0.25) is 5.02 Å². The maximum atomic E-state index is 12.3. The van der Waals surface area contributed by atoms with Crippen LogP contribution in [-0.2, 0) is 11.2 Å². The number of aromatic nitrogens is 3. The summed E-state index contributed by atoms with van der Waals surface area (Å²) in [4.78, 5) is 24.4. The first kappa shape index (κ1) is 24.9. The highest BCUT2D eigenvalue weighted by atomic mass is 35.5. The number of ether oxygens (including phenoxy) is 2. The van der Waals surface area contributed by atoms with Gasteiger partial charge in [0.15, 0.2) is 0 Å². The third-order valence-corrected chi connectivity index (χ3v) is 7.69. The number of carbonyl (C=O) groups excluding carboxylic acids is 1. The van der Waals surface area contributed by atoms with Crippen LogP contribution in [-0.4, -0.2) is 40.4 Å². The van der Waals surface area contributed by atoms with Crippen LogP contribution in [0.25, 0.3) is 22.3 Å². The number of nitrogens with zero attached hydrogens (tertiary/aromatic N) is 2. The lowest BCUT2D eigenvalue weighted by Gasteiger charge is -2.22. The second-order valence-corrected chi connectivity index (χ2v) is 10.8. The summed E-state index contributed by atoms with van der Waals surface area (Å²) in [5.41, 5.74) is 3.44. The first-order valence-corrected chi connectivity index (χ1v) is 13.7. The van der Waals surface area contributed by atoms with E-state index in [4.69, 9.17) is 21.1 Å². The molecule has 0 radical (unpaired) electrons. The predicted octanol–water partition coefficient (Wildman–Crippen LogP) is 6.36. The smallest absolute Gasteiger partial charge is 0.231 e. The van der Waals surface area contributed by atoms with Crippen molar-refractivity contribution in [3.8, 4) is 28.6 Å². The van der Waals surface area contributed by atoms with E-state index in [9.17, 15) is 4.79 Å². The number of Topliss-reactive ketones (excluding diaryl/α,β-unsaturated/α-hetero) is 1. The normalized spacial score (nSPS) is 16.0. The van der Waals surface area contributed by atoms with Crippen LogP contribution in [0.5, 0.6) is 17.4 Å². The second-order valence-electron chi connectivity index (χ2n) is 10.4. The van der Waals surface area contributed by atoms with Crippen LogP contribution >= 0.6 is 11.6 Å². The Bertz CT molecular complexity index is 1430. The molecule has 4 aromatic rings. The van der Waals surface area contributed by atoms with Crippen LogP contribution in [0.1, 0.15) is 37.7 Å². The largest absolute Gasteiger partial charge is 0.493 e. The number of piperidine rings is 1. The highest BCUT2D eigenvalue weighted by molar-refractivity contribution is 6.31. The molecule has 2 fully saturated rings. The highest BCUT2D eigenvalue weighted by Gasteiger charge is 2.24. The Hall–Kier alpha value is -3.42. The van der Waals surface area contributed by atoms with Gasteiger partial charge < -0.3 is 19.8 Å². The van der Waals surface area contributed by atoms with E-state index in [1.807, 2.05) is 42.5 Å². The summed E-state index contributed by atoms with van der Waals surface area (Å²) in [5.74, 6) is 3.30. The quantitative estimate of drug-likeness (QED) is 0.248. The first-order valence-electron chi connectivity index (χ1n) is 13.4. The van der Waals surface area contributed by atoms with Crippen molar-refractivity contribution in [3.05, 3.63) is 65.4 Å². The molecule has 6 rings (SSSR count). The van der Waals surface area contributed by atoms with Crippen LogP contribution < -0.4 is 14.8 Å². The summed E-state index contributed by atoms with van der Waals surface area (Å²) in [5, 5.41) is 4.68. The van der Waals surface area contributed by atoms with Crippen molar-refractivity contribution in [2.75, 3.05) is 19.7 Å². The van der Waals surface area contributed by atoms with Crippen LogP contribution in [0.15, 0.2) is 54.9 Å². The Kier molecular flexibility index (Phi) is 7.29. The standard InChI is InChI=1S/C30H31ClN4O3/c31-27-15-25(8-5-22(27)14-23(36)13-19-1-2-19)38-30-26-16-28(35-29(26)33-18-34-30)21-3-6-24(7-4-21)37-17-20-9-11-32-12-10-20/h3-8,15-16,18-20,32H,1-2,9-14,17H2,(H,33,34,35). The number of fused-ring (bicyclic) bond motifs is 1. The zero-order valence-electron chi connectivity index (χ0n) is 21.2. The minimum atomic E-state index is 0.238. The maximum absolute atomic E-state index is 12.3. The summed E-state index contributed by atoms with van der Waals surface area (Å²) < 4.78 is 12.1. The van der Waals surface area contributed by atoms with Gasteiger partial charge in [-0.2, -0.15) is 0 Å². The lowest BCUT2D eigenvalue weighted by molar-refractivity contribution is -0.118. The van der Waals surface area contributed by atoms with E-state index in [0.29, 0.717) is 47.0 Å². The van der Waals surface area contributed by atoms with E-state index in [-0.39, 0.29) is 5.78 Å². The van der Waals surface area contributed by atoms with Gasteiger partial charge in [-0.1, -0.05) is 17.7 Å². The molecule has 2 aromatic heterocycles. The van der Waals surface area contributed by atoms with Crippen molar-refractivity contribution in [3.63, 3.8) is 0 Å². The van der Waals surface area contributed by atoms with Gasteiger partial charge in [0, 0.05) is 23.6 Å². The summed E-state index contributed by atoms with van der Waals surface area (Å²) in [6.07, 6.45) is 7.14. The number of benzene rings is 2. The molecule has 0 bridgehead atoms. The van der Waals surface area contributed by atoms with Gasteiger partial charge in [0.2, 0.25) is 5.88 Å². The molecule has 1 aliphatic carbocycles. The molecular formula is C30H31ClN4O3. The molecule has 8 heteroatoms. The Balaban J connectivity index is 1.14. The SMILES string of the molecule is O=C(Cc1ccc(Oc2ncnc3[nH]c(-c4ccc(OCC5CCNCC5)cc4)cc23)cc1Cl)CC1CC1. The summed E-state index contributed by atoms with van der Waals surface area (Å²) in [7, 11) is 0. The van der Waals surface area contributed by atoms with Crippen molar-refractivity contribution in [1.29, 1.82) is 0 Å². The molecule has 38 heavy (non-hydrogen) atoms. The summed E-state index contributed by atoms with van der Waals surface area (Å²) in [6.45, 7) is 2.90. The average Bonchev–Trinajstić information content (AvgIpc) is 3.63. The molecule has 0 unspecified atom stereocenters. The van der Waals surface area contributed by atoms with Crippen molar-refractivity contribution >= 4 is 28.4 Å². The van der Waals surface area contributed by atoms with Gasteiger partial charge in [-0.05, 0) is 104 Å². The lowest BCUT2D eigenvalue weighted by Crippen LogP contribution is -2.30. The zero-order valence-corrected chi connectivity index (χ0v) is 22.0. The molecule has 1 aliphatic heterocycles. The van der Waals surface area contributed by atoms with Gasteiger partial charge in [-0.15, -0.1) is 0 Å². The minimum absolute atomic E-state index is 0.238. The number of rotatable bonds is 10. The van der Waals surface area contributed by atoms with Gasteiger partial charge in [-0.25, -0.2) is 9.97 Å². The number of hydrogen-bond acceptors (Lipinski definition) is 6. The van der Waals surface area contributed by atoms with E-state index in [1.165, 1.54) is 19.2 Å². The Morgan fingerprint density at radius 3 is 2.50 bits per heavy atom. The molecule has 1 saturated carbocycles. The maximum Gasteiger partial charge on any atom is 0.231 e. The predicted molar refractivity (Wildman–Crippen MR) is 148 cm³/mol. The number of aromatic amines is 1. The summed E-state index contributed by atoms with van der Waals surface area (Å²) >= 11 is 6.49. The third-order valence-electron chi connectivity index (χ3n) is 7.34. The monoisotopic (exact) mass is 530 g/mol. The first-order chi connectivity index (χ1) is 18.6. The van der Waals surface area contributed by atoms with Gasteiger partial charge in [0.25, 0.3) is 0 Å². The molecule has 0 amide bonds. The van der Waals surface area contributed by atoms with E-state index >= 15 is 0 Å². The van der Waals surface area contributed by atoms with E-state index in [0.717, 1.165) is 60.5 Å². The van der Waals surface area contributed by atoms with Crippen molar-refractivity contribution in [2.24, 2.45) is 11.8 Å². The zero-order chi connectivity index (χ0) is 25.9. The van der Waals surface area contributed by atoms with Crippen LogP contribution in [0, 0.1) is 11.8 Å². The third kappa shape index (κ3) is 6.00. The second kappa shape index (κ2) is 11.1. The van der Waals surface area contributed by atoms with E-state index < -0.39 is 0 Å². The highest BCUT2D eigenvalue weighted by Crippen LogP contribution is 2.35. The molecular weight excluding hydrogens is 500 g/mol. The van der Waals surface area contributed by atoms with E-state index in [1.54, 1.807) is 6.07 Å². The molecule has 7 nitrogen and oxygen atoms in total. The molecule has 3 heterocycles. The Morgan fingerprint density at radius 2 is 1.74 bits per heavy atom. The number of nitrogens with one attached hydrogen (secondary N) is 2. The fraction of sp³-hybridized carbons (Fsp3) is 0.367. The topological polar surface area (TPSA) is 89.1 Å². The fourth-order valence-corrected chi connectivity index (χ4v) is 5.16.